The molecule has 3 aromatic rings. The molecule has 0 spiro atoms. The zero-order valence-corrected chi connectivity index (χ0v) is 14.6. The molecule has 138 valence electrons. The van der Waals surface area contributed by atoms with Crippen LogP contribution in [0.5, 0.6) is 0 Å². The van der Waals surface area contributed by atoms with Gasteiger partial charge in [-0.05, 0) is 37.1 Å². The summed E-state index contributed by atoms with van der Waals surface area (Å²) in [7, 11) is 0. The molecule has 1 aliphatic rings. The molecular weight excluding hydrogens is 347 g/mol. The van der Waals surface area contributed by atoms with E-state index < -0.39 is 0 Å². The number of likely N-dealkylation sites (tertiary alicyclic amines) is 1. The first-order chi connectivity index (χ1) is 13.2. The van der Waals surface area contributed by atoms with Gasteiger partial charge in [0.1, 0.15) is 11.6 Å². The molecule has 0 aliphatic carbocycles. The van der Waals surface area contributed by atoms with Crippen LogP contribution in [0.2, 0.25) is 0 Å². The number of carbonyl (C=O) groups is 1. The molecule has 3 heterocycles. The minimum Gasteiger partial charge on any atom is -0.366 e. The molecular formula is C19H19FN6O. The Labute approximate surface area is 155 Å². The zero-order chi connectivity index (χ0) is 18.6. The van der Waals surface area contributed by atoms with Gasteiger partial charge in [-0.25, -0.2) is 9.37 Å². The molecule has 27 heavy (non-hydrogen) atoms. The van der Waals surface area contributed by atoms with Crippen LogP contribution in [0.4, 0.5) is 10.2 Å². The van der Waals surface area contributed by atoms with Gasteiger partial charge >= 0.3 is 0 Å². The summed E-state index contributed by atoms with van der Waals surface area (Å²) in [6.07, 6.45) is 6.15. The Bertz CT molecular complexity index is 912. The fourth-order valence-electron chi connectivity index (χ4n) is 3.29. The highest BCUT2D eigenvalue weighted by molar-refractivity contribution is 5.97. The average molecular weight is 366 g/mol. The molecule has 0 radical (unpaired) electrons. The van der Waals surface area contributed by atoms with E-state index in [9.17, 15) is 9.18 Å². The van der Waals surface area contributed by atoms with E-state index in [2.05, 4.69) is 20.5 Å². The van der Waals surface area contributed by atoms with Gasteiger partial charge in [-0.2, -0.15) is 15.0 Å². The third-order valence-corrected chi connectivity index (χ3v) is 4.56. The predicted octanol–water partition coefficient (Wildman–Crippen LogP) is 2.52. The molecule has 8 heteroatoms. The number of pyridine rings is 1. The van der Waals surface area contributed by atoms with Gasteiger partial charge in [0.2, 0.25) is 0 Å². The number of aromatic nitrogens is 4. The molecule has 1 unspecified atom stereocenters. The van der Waals surface area contributed by atoms with Crippen molar-refractivity contribution in [3.05, 3.63) is 66.4 Å². The second-order valence-corrected chi connectivity index (χ2v) is 6.43. The second kappa shape index (κ2) is 7.53. The summed E-state index contributed by atoms with van der Waals surface area (Å²) in [5.41, 5.74) is 1.22. The summed E-state index contributed by atoms with van der Waals surface area (Å²) < 4.78 is 13.0. The van der Waals surface area contributed by atoms with E-state index in [1.54, 1.807) is 24.5 Å². The molecule has 0 saturated carbocycles. The van der Waals surface area contributed by atoms with Crippen molar-refractivity contribution in [3.8, 4) is 5.69 Å². The molecule has 1 aromatic carbocycles. The number of hydrogen-bond acceptors (Lipinski definition) is 5. The van der Waals surface area contributed by atoms with Crippen LogP contribution in [0, 0.1) is 5.82 Å². The lowest BCUT2D eigenvalue weighted by atomic mass is 10.0. The number of hydrogen-bond donors (Lipinski definition) is 1. The lowest BCUT2D eigenvalue weighted by Crippen LogP contribution is -2.45. The Morgan fingerprint density at radius 3 is 2.74 bits per heavy atom. The largest absolute Gasteiger partial charge is 0.366 e. The Morgan fingerprint density at radius 1 is 1.15 bits per heavy atom. The first kappa shape index (κ1) is 17.1. The molecule has 2 aromatic heterocycles. The summed E-state index contributed by atoms with van der Waals surface area (Å²) in [4.78, 5) is 20.4. The first-order valence-corrected chi connectivity index (χ1v) is 8.84. The number of amides is 1. The van der Waals surface area contributed by atoms with Gasteiger partial charge in [-0.1, -0.05) is 12.1 Å². The van der Waals surface area contributed by atoms with Crippen molar-refractivity contribution in [2.45, 2.75) is 18.9 Å². The summed E-state index contributed by atoms with van der Waals surface area (Å²) in [6.45, 7) is 1.24. The quantitative estimate of drug-likeness (QED) is 0.768. The maximum Gasteiger partial charge on any atom is 0.256 e. The third-order valence-electron chi connectivity index (χ3n) is 4.56. The van der Waals surface area contributed by atoms with Crippen LogP contribution in [0.3, 0.4) is 0 Å². The smallest absolute Gasteiger partial charge is 0.256 e. The van der Waals surface area contributed by atoms with Crippen LogP contribution in [0.25, 0.3) is 5.69 Å². The minimum atomic E-state index is -0.371. The van der Waals surface area contributed by atoms with Crippen molar-refractivity contribution in [3.63, 3.8) is 0 Å². The van der Waals surface area contributed by atoms with Crippen LogP contribution < -0.4 is 5.32 Å². The normalized spacial score (nSPS) is 16.9. The number of carbonyl (C=O) groups excluding carboxylic acids is 1. The minimum absolute atomic E-state index is 0.0542. The van der Waals surface area contributed by atoms with Gasteiger partial charge in [0.25, 0.3) is 5.91 Å². The number of anilines is 1. The topological polar surface area (TPSA) is 75.9 Å². The molecule has 1 N–H and O–H groups in total. The molecule has 1 fully saturated rings. The highest BCUT2D eigenvalue weighted by Gasteiger charge is 2.26. The number of para-hydroxylation sites is 1. The lowest BCUT2D eigenvalue weighted by molar-refractivity contribution is 0.0714. The Hall–Kier alpha value is -3.29. The first-order valence-electron chi connectivity index (χ1n) is 8.84. The summed E-state index contributed by atoms with van der Waals surface area (Å²) in [5.74, 6) is 0.183. The SMILES string of the molecule is O=C(c1ccccc1-n1nccn1)N1CCCC(Nc2ccc(F)cn2)C1. The number of piperidine rings is 1. The fourth-order valence-corrected chi connectivity index (χ4v) is 3.29. The van der Waals surface area contributed by atoms with E-state index in [4.69, 9.17) is 0 Å². The maximum atomic E-state index is 13.1. The number of rotatable bonds is 4. The van der Waals surface area contributed by atoms with Gasteiger partial charge in [0.15, 0.2) is 0 Å². The number of halogens is 1. The van der Waals surface area contributed by atoms with Crippen molar-refractivity contribution >= 4 is 11.7 Å². The van der Waals surface area contributed by atoms with Crippen molar-refractivity contribution in [2.75, 3.05) is 18.4 Å². The van der Waals surface area contributed by atoms with Gasteiger partial charge in [-0.3, -0.25) is 4.79 Å². The number of benzene rings is 1. The van der Waals surface area contributed by atoms with Crippen LogP contribution >= 0.6 is 0 Å². The monoisotopic (exact) mass is 366 g/mol. The maximum absolute atomic E-state index is 13.1. The van der Waals surface area contributed by atoms with E-state index in [0.29, 0.717) is 30.2 Å². The Kier molecular flexibility index (Phi) is 4.78. The van der Waals surface area contributed by atoms with Crippen LogP contribution in [0.15, 0.2) is 55.0 Å². The highest BCUT2D eigenvalue weighted by atomic mass is 19.1. The van der Waals surface area contributed by atoms with Gasteiger partial charge in [-0.15, -0.1) is 0 Å². The highest BCUT2D eigenvalue weighted by Crippen LogP contribution is 2.20. The lowest BCUT2D eigenvalue weighted by Gasteiger charge is -2.33. The van der Waals surface area contributed by atoms with Crippen molar-refractivity contribution < 1.29 is 9.18 Å². The number of nitrogens with zero attached hydrogens (tertiary/aromatic N) is 5. The zero-order valence-electron chi connectivity index (χ0n) is 14.6. The van der Waals surface area contributed by atoms with Gasteiger partial charge in [0, 0.05) is 19.1 Å². The van der Waals surface area contributed by atoms with E-state index in [0.717, 1.165) is 12.8 Å². The summed E-state index contributed by atoms with van der Waals surface area (Å²) in [5, 5.41) is 11.6. The Morgan fingerprint density at radius 2 is 1.96 bits per heavy atom. The summed E-state index contributed by atoms with van der Waals surface area (Å²) >= 11 is 0. The Balaban J connectivity index is 1.50. The molecule has 1 aliphatic heterocycles. The predicted molar refractivity (Wildman–Crippen MR) is 98.1 cm³/mol. The van der Waals surface area contributed by atoms with E-state index in [1.165, 1.54) is 17.1 Å². The van der Waals surface area contributed by atoms with Crippen LogP contribution in [0.1, 0.15) is 23.2 Å². The van der Waals surface area contributed by atoms with E-state index >= 15 is 0 Å². The molecule has 4 rings (SSSR count). The molecule has 0 bridgehead atoms. The van der Waals surface area contributed by atoms with Gasteiger partial charge < -0.3 is 10.2 Å². The summed E-state index contributed by atoms with van der Waals surface area (Å²) in [6, 6.07) is 10.4. The van der Waals surface area contributed by atoms with Crippen molar-refractivity contribution in [2.24, 2.45) is 0 Å². The standard InChI is InChI=1S/C19H19FN6O/c20-14-7-8-18(21-12-14)24-15-4-3-11-25(13-15)19(27)16-5-1-2-6-17(16)26-22-9-10-23-26/h1-2,5-10,12,15H,3-4,11,13H2,(H,21,24). The van der Waals surface area contributed by atoms with Gasteiger partial charge in [0.05, 0.1) is 29.8 Å². The van der Waals surface area contributed by atoms with E-state index in [1.807, 2.05) is 23.1 Å². The van der Waals surface area contributed by atoms with Crippen molar-refractivity contribution in [1.29, 1.82) is 0 Å². The fraction of sp³-hybridized carbons (Fsp3) is 0.263. The van der Waals surface area contributed by atoms with E-state index in [-0.39, 0.29) is 17.8 Å². The van der Waals surface area contributed by atoms with Crippen LogP contribution in [-0.4, -0.2) is 49.9 Å². The van der Waals surface area contributed by atoms with Crippen molar-refractivity contribution in [1.82, 2.24) is 24.9 Å². The molecule has 1 saturated heterocycles. The van der Waals surface area contributed by atoms with Crippen LogP contribution in [-0.2, 0) is 0 Å². The molecule has 1 atom stereocenters. The number of nitrogens with one attached hydrogen (secondary N) is 1. The second-order valence-electron chi connectivity index (χ2n) is 6.43. The molecule has 7 nitrogen and oxygen atoms in total. The molecule has 1 amide bonds. The average Bonchev–Trinajstić information content (AvgIpc) is 3.24. The third kappa shape index (κ3) is 3.79.